The van der Waals surface area contributed by atoms with Crippen LogP contribution < -0.4 is 10.1 Å². The van der Waals surface area contributed by atoms with Gasteiger partial charge in [0.05, 0.1) is 0 Å². The summed E-state index contributed by atoms with van der Waals surface area (Å²) >= 11 is 0. The molecule has 0 aliphatic carbocycles. The summed E-state index contributed by atoms with van der Waals surface area (Å²) in [7, 11) is -0.197. The number of hydrogen-bond acceptors (Lipinski definition) is 4. The number of para-hydroxylation sites is 1. The van der Waals surface area contributed by atoms with Crippen LogP contribution in [0.25, 0.3) is 0 Å². The lowest BCUT2D eigenvalue weighted by atomic mass is 10.3. The van der Waals surface area contributed by atoms with E-state index in [2.05, 4.69) is 22.4 Å². The summed E-state index contributed by atoms with van der Waals surface area (Å²) in [6.07, 6.45) is 0.489. The van der Waals surface area contributed by atoms with Crippen molar-refractivity contribution in [3.63, 3.8) is 0 Å². The molecule has 1 heterocycles. The molecule has 0 aliphatic rings. The highest BCUT2D eigenvalue weighted by molar-refractivity contribution is 7.32. The second-order valence-electron chi connectivity index (χ2n) is 3.59. The molecule has 1 amide bonds. The van der Waals surface area contributed by atoms with Crippen molar-refractivity contribution >= 4 is 21.7 Å². The lowest BCUT2D eigenvalue weighted by Crippen LogP contribution is -2.17. The first-order valence-electron chi connectivity index (χ1n) is 5.64. The van der Waals surface area contributed by atoms with Crippen molar-refractivity contribution in [1.29, 1.82) is 0 Å². The molecule has 1 N–H and O–H groups in total. The van der Waals surface area contributed by atoms with Gasteiger partial charge in [0.1, 0.15) is 11.5 Å². The molecule has 6 heteroatoms. The van der Waals surface area contributed by atoms with E-state index in [-0.39, 0.29) is 10.5 Å². The summed E-state index contributed by atoms with van der Waals surface area (Å²) in [5.41, 5.74) is 1.77. The number of aromatic nitrogens is 2. The van der Waals surface area contributed by atoms with E-state index in [1.54, 1.807) is 29.8 Å². The van der Waals surface area contributed by atoms with Gasteiger partial charge in [0.15, 0.2) is 0 Å². The van der Waals surface area contributed by atoms with Crippen LogP contribution in [0.1, 0.15) is 13.3 Å². The fraction of sp³-hybridized carbons (Fsp3) is 0.250. The van der Waals surface area contributed by atoms with E-state index in [0.29, 0.717) is 10.9 Å². The van der Waals surface area contributed by atoms with Crippen LogP contribution in [0.4, 0.5) is 9.93 Å². The number of rotatable bonds is 4. The van der Waals surface area contributed by atoms with Crippen LogP contribution in [0.15, 0.2) is 35.8 Å². The molecule has 0 saturated carbocycles. The first kappa shape index (κ1) is 12.5. The maximum atomic E-state index is 11.7. The Morgan fingerprint density at radius 1 is 1.39 bits per heavy atom. The zero-order chi connectivity index (χ0) is 12.8. The molecular weight excluding hydrogens is 250 g/mol. The average Bonchev–Trinajstić information content (AvgIpc) is 2.78. The summed E-state index contributed by atoms with van der Waals surface area (Å²) in [4.78, 5) is 11.7. The Morgan fingerprint density at radius 3 is 2.89 bits per heavy atom. The van der Waals surface area contributed by atoms with Gasteiger partial charge in [0, 0.05) is 10.5 Å². The highest BCUT2D eigenvalue weighted by Crippen LogP contribution is 2.27. The molecule has 1 atom stereocenters. The molecule has 2 aromatic rings. The molecule has 5 nitrogen and oxygen atoms in total. The number of benzene rings is 1. The van der Waals surface area contributed by atoms with Gasteiger partial charge >= 0.3 is 11.2 Å². The Bertz CT molecular complexity index is 513. The van der Waals surface area contributed by atoms with Crippen LogP contribution in [-0.4, -0.2) is 16.3 Å². The Morgan fingerprint density at radius 2 is 2.17 bits per heavy atom. The molecule has 0 bridgehead atoms. The molecule has 2 rings (SSSR count). The number of nitrogens with zero attached hydrogens (tertiary/aromatic N) is 2. The lowest BCUT2D eigenvalue weighted by Gasteiger charge is -2.02. The molecule has 18 heavy (non-hydrogen) atoms. The van der Waals surface area contributed by atoms with Gasteiger partial charge in [-0.05, 0) is 18.6 Å². The number of anilines is 1. The zero-order valence-corrected chi connectivity index (χ0v) is 10.8. The first-order chi connectivity index (χ1) is 8.79. The first-order valence-corrected chi connectivity index (χ1v) is 7.10. The Kier molecular flexibility index (Phi) is 4.25. The standard InChI is InChI=1S/C12H13N3O2S/c1-2-8-18-9-13-15-11(18)14-12(16)17-10-6-4-3-5-7-10/h3-7,9H,2,8H2,1H3/p+1. The number of amides is 1. The number of aryl methyl sites for hydroxylation is 1. The number of ether oxygens (including phenoxy) is 1. The molecule has 0 saturated heterocycles. The van der Waals surface area contributed by atoms with E-state index in [9.17, 15) is 4.79 Å². The number of carbonyl (C=O) groups is 1. The van der Waals surface area contributed by atoms with Crippen molar-refractivity contribution in [2.75, 3.05) is 5.32 Å². The number of carbonyl (C=O) groups excluding carboxylic acids is 1. The van der Waals surface area contributed by atoms with Gasteiger partial charge in [-0.3, -0.25) is 0 Å². The molecular formula is C12H14N3O2S+. The van der Waals surface area contributed by atoms with Crippen LogP contribution in [0, 0.1) is 0 Å². The topological polar surface area (TPSA) is 64.1 Å². The SMILES string of the molecule is CCC[s+]1cnnc1NC(=O)Oc1ccccc1. The van der Waals surface area contributed by atoms with Crippen molar-refractivity contribution in [3.05, 3.63) is 35.8 Å². The average molecular weight is 264 g/mol. The molecule has 1 aromatic heterocycles. The van der Waals surface area contributed by atoms with Gasteiger partial charge in [-0.1, -0.05) is 35.3 Å². The van der Waals surface area contributed by atoms with Crippen LogP contribution >= 0.6 is 10.5 Å². The van der Waals surface area contributed by atoms with Gasteiger partial charge in [0.2, 0.25) is 0 Å². The third-order valence-corrected chi connectivity index (χ3v) is 4.04. The van der Waals surface area contributed by atoms with E-state index >= 15 is 0 Å². The van der Waals surface area contributed by atoms with Gasteiger partial charge in [-0.25, -0.2) is 10.1 Å². The van der Waals surface area contributed by atoms with E-state index in [0.717, 1.165) is 12.2 Å². The Balaban J connectivity index is 1.97. The smallest absolute Gasteiger partial charge is 0.410 e. The van der Waals surface area contributed by atoms with E-state index < -0.39 is 6.09 Å². The monoisotopic (exact) mass is 264 g/mol. The maximum absolute atomic E-state index is 11.7. The van der Waals surface area contributed by atoms with Gasteiger partial charge in [-0.2, -0.15) is 0 Å². The third kappa shape index (κ3) is 3.27. The number of hydrogen-bond donors (Lipinski definition) is 1. The Labute approximate surface area is 108 Å². The fourth-order valence-corrected chi connectivity index (χ4v) is 2.77. The van der Waals surface area contributed by atoms with Crippen LogP contribution in [0.2, 0.25) is 0 Å². The van der Waals surface area contributed by atoms with E-state index in [1.807, 2.05) is 6.07 Å². The van der Waals surface area contributed by atoms with Crippen molar-refractivity contribution < 1.29 is 9.53 Å². The summed E-state index contributed by atoms with van der Waals surface area (Å²) in [6.45, 7) is 2.08. The summed E-state index contributed by atoms with van der Waals surface area (Å²) < 4.78 is 5.12. The van der Waals surface area contributed by atoms with Crippen LogP contribution in [-0.2, 0) is 5.75 Å². The molecule has 94 valence electrons. The minimum absolute atomic E-state index is 0.197. The predicted molar refractivity (Wildman–Crippen MR) is 70.9 cm³/mol. The lowest BCUT2D eigenvalue weighted by molar-refractivity contribution is 0.215. The minimum atomic E-state index is -0.529. The molecule has 0 fully saturated rings. The van der Waals surface area contributed by atoms with E-state index in [1.165, 1.54) is 0 Å². The predicted octanol–water partition coefficient (Wildman–Crippen LogP) is 3.25. The van der Waals surface area contributed by atoms with Crippen molar-refractivity contribution in [2.24, 2.45) is 0 Å². The normalized spacial score (nSPS) is 11.1. The number of nitrogens with one attached hydrogen (secondary N) is 1. The summed E-state index contributed by atoms with van der Waals surface area (Å²) in [5.74, 6) is 1.44. The largest absolute Gasteiger partial charge is 0.422 e. The Hall–Kier alpha value is -1.95. The van der Waals surface area contributed by atoms with Crippen LogP contribution in [0.3, 0.4) is 0 Å². The fourth-order valence-electron chi connectivity index (χ4n) is 1.40. The molecule has 0 aliphatic heterocycles. The molecule has 0 spiro atoms. The second kappa shape index (κ2) is 6.11. The van der Waals surface area contributed by atoms with Crippen LogP contribution in [0.5, 0.6) is 5.75 Å². The highest BCUT2D eigenvalue weighted by Gasteiger charge is 2.19. The maximum Gasteiger partial charge on any atom is 0.422 e. The second-order valence-corrected chi connectivity index (χ2v) is 5.45. The minimum Gasteiger partial charge on any atom is -0.410 e. The summed E-state index contributed by atoms with van der Waals surface area (Å²) in [5, 5.41) is 11.0. The van der Waals surface area contributed by atoms with Gasteiger partial charge in [-0.15, -0.1) is 0 Å². The van der Waals surface area contributed by atoms with Crippen molar-refractivity contribution in [1.82, 2.24) is 10.2 Å². The molecule has 1 aromatic carbocycles. The molecule has 0 radical (unpaired) electrons. The van der Waals surface area contributed by atoms with Crippen molar-refractivity contribution in [2.45, 2.75) is 19.1 Å². The van der Waals surface area contributed by atoms with E-state index in [4.69, 9.17) is 4.74 Å². The van der Waals surface area contributed by atoms with Gasteiger partial charge < -0.3 is 4.74 Å². The summed E-state index contributed by atoms with van der Waals surface area (Å²) in [6, 6.07) is 8.91. The highest BCUT2D eigenvalue weighted by atomic mass is 32.2. The third-order valence-electron chi connectivity index (χ3n) is 2.16. The van der Waals surface area contributed by atoms with Gasteiger partial charge in [0.25, 0.3) is 5.51 Å². The molecule has 1 unspecified atom stereocenters. The van der Waals surface area contributed by atoms with Crippen molar-refractivity contribution in [3.8, 4) is 5.75 Å². The zero-order valence-electron chi connectivity index (χ0n) is 10.00. The quantitative estimate of drug-likeness (QED) is 0.861.